The number of fused-ring (bicyclic) bond motifs is 1. The number of ketones is 1. The summed E-state index contributed by atoms with van der Waals surface area (Å²) in [4.78, 5) is 12.1. The third-order valence-corrected chi connectivity index (χ3v) is 4.00. The molecule has 0 aliphatic heterocycles. The summed E-state index contributed by atoms with van der Waals surface area (Å²) < 4.78 is 28.3. The van der Waals surface area contributed by atoms with Crippen LogP contribution < -0.4 is 4.18 Å². The van der Waals surface area contributed by atoms with E-state index in [1.807, 2.05) is 27.7 Å². The number of Topliss-reactive ketones (excluding diaryl/α,β-unsaturated/α-hetero) is 1. The first-order valence-corrected chi connectivity index (χ1v) is 8.42. The van der Waals surface area contributed by atoms with Crippen molar-refractivity contribution in [2.24, 2.45) is 5.92 Å². The molecule has 0 spiro atoms. The van der Waals surface area contributed by atoms with Gasteiger partial charge >= 0.3 is 10.1 Å². The van der Waals surface area contributed by atoms with E-state index in [0.29, 0.717) is 17.7 Å². The number of hydrogen-bond donors (Lipinski definition) is 0. The largest absolute Gasteiger partial charge is 0.382 e. The van der Waals surface area contributed by atoms with Crippen LogP contribution in [0.3, 0.4) is 0 Å². The lowest BCUT2D eigenvalue weighted by molar-refractivity contribution is 0.0946. The van der Waals surface area contributed by atoms with Crippen molar-refractivity contribution in [2.75, 3.05) is 6.26 Å². The Labute approximate surface area is 120 Å². The monoisotopic (exact) mass is 296 g/mol. The Morgan fingerprint density at radius 3 is 2.35 bits per heavy atom. The lowest BCUT2D eigenvalue weighted by Crippen LogP contribution is -2.17. The number of benzene rings is 1. The zero-order valence-corrected chi connectivity index (χ0v) is 13.3. The molecular formula is C15H20O4S. The Morgan fingerprint density at radius 2 is 1.85 bits per heavy atom. The van der Waals surface area contributed by atoms with Crippen molar-refractivity contribution in [1.29, 1.82) is 0 Å². The van der Waals surface area contributed by atoms with Crippen LogP contribution in [0.1, 0.15) is 49.2 Å². The van der Waals surface area contributed by atoms with Crippen molar-refractivity contribution in [2.45, 2.75) is 39.5 Å². The van der Waals surface area contributed by atoms with E-state index < -0.39 is 10.1 Å². The lowest BCUT2D eigenvalue weighted by atomic mass is 9.84. The maximum Gasteiger partial charge on any atom is 0.306 e. The first-order valence-electron chi connectivity index (χ1n) is 6.61. The predicted molar refractivity (Wildman–Crippen MR) is 77.8 cm³/mol. The molecule has 0 fully saturated rings. The highest BCUT2D eigenvalue weighted by atomic mass is 32.2. The molecule has 5 heteroatoms. The average molecular weight is 296 g/mol. The minimum absolute atomic E-state index is 0.0545. The summed E-state index contributed by atoms with van der Waals surface area (Å²) in [7, 11) is -3.63. The second-order valence-electron chi connectivity index (χ2n) is 6.48. The normalized spacial score (nSPS) is 19.1. The Balaban J connectivity index is 2.70. The van der Waals surface area contributed by atoms with Gasteiger partial charge in [0.25, 0.3) is 0 Å². The standard InChI is InChI=1S/C15H20O4S/c1-9-8-11-10(13(9)16)6-7-12(15(2,3)4)14(11)19-20(5,17)18/h6-7,9H,8H2,1-5H3. The third kappa shape index (κ3) is 2.73. The van der Waals surface area contributed by atoms with E-state index in [2.05, 4.69) is 0 Å². The van der Waals surface area contributed by atoms with Crippen LogP contribution in [0.15, 0.2) is 12.1 Å². The van der Waals surface area contributed by atoms with E-state index in [1.165, 1.54) is 0 Å². The lowest BCUT2D eigenvalue weighted by Gasteiger charge is -2.24. The van der Waals surface area contributed by atoms with Crippen LogP contribution in [0.5, 0.6) is 5.75 Å². The highest BCUT2D eigenvalue weighted by Crippen LogP contribution is 2.41. The molecule has 110 valence electrons. The molecule has 4 nitrogen and oxygen atoms in total. The molecule has 0 radical (unpaired) electrons. The van der Waals surface area contributed by atoms with Gasteiger partial charge in [0.05, 0.1) is 6.26 Å². The summed E-state index contributed by atoms with van der Waals surface area (Å²) in [5, 5.41) is 0. The maximum atomic E-state index is 12.1. The molecule has 0 amide bonds. The summed E-state index contributed by atoms with van der Waals surface area (Å²) in [5.74, 6) is 0.274. The van der Waals surface area contributed by atoms with E-state index in [0.717, 1.165) is 17.4 Å². The van der Waals surface area contributed by atoms with E-state index in [-0.39, 0.29) is 17.1 Å². The molecule has 1 atom stereocenters. The smallest absolute Gasteiger partial charge is 0.306 e. The Bertz CT molecular complexity index is 666. The highest BCUT2D eigenvalue weighted by Gasteiger charge is 2.34. The van der Waals surface area contributed by atoms with Crippen LogP contribution in [0.2, 0.25) is 0 Å². The molecule has 0 saturated heterocycles. The molecule has 1 aromatic rings. The molecule has 0 saturated carbocycles. The minimum Gasteiger partial charge on any atom is -0.382 e. The van der Waals surface area contributed by atoms with Gasteiger partial charge in [-0.15, -0.1) is 0 Å². The fourth-order valence-corrected chi connectivity index (χ4v) is 3.06. The number of carbonyl (C=O) groups is 1. The van der Waals surface area contributed by atoms with Crippen LogP contribution in [0.4, 0.5) is 0 Å². The molecular weight excluding hydrogens is 276 g/mol. The van der Waals surface area contributed by atoms with Crippen molar-refractivity contribution in [3.8, 4) is 5.75 Å². The quantitative estimate of drug-likeness (QED) is 0.787. The average Bonchev–Trinajstić information content (AvgIpc) is 2.53. The summed E-state index contributed by atoms with van der Waals surface area (Å²) in [6.07, 6.45) is 1.56. The van der Waals surface area contributed by atoms with Crippen LogP contribution in [-0.2, 0) is 22.0 Å². The first-order chi connectivity index (χ1) is 9.00. The van der Waals surface area contributed by atoms with Crippen molar-refractivity contribution in [1.82, 2.24) is 0 Å². The maximum absolute atomic E-state index is 12.1. The molecule has 20 heavy (non-hydrogen) atoms. The number of hydrogen-bond acceptors (Lipinski definition) is 4. The van der Waals surface area contributed by atoms with E-state index in [1.54, 1.807) is 12.1 Å². The van der Waals surface area contributed by atoms with Crippen LogP contribution in [-0.4, -0.2) is 20.5 Å². The summed E-state index contributed by atoms with van der Waals surface area (Å²) in [6, 6.07) is 3.59. The second kappa shape index (κ2) is 4.58. The Kier molecular flexibility index (Phi) is 3.45. The third-order valence-electron chi connectivity index (χ3n) is 3.53. The second-order valence-corrected chi connectivity index (χ2v) is 8.05. The van der Waals surface area contributed by atoms with Gasteiger partial charge in [0.15, 0.2) is 5.78 Å². The molecule has 0 heterocycles. The molecule has 0 bridgehead atoms. The molecule has 1 unspecified atom stereocenters. The zero-order chi connectivity index (χ0) is 15.3. The summed E-state index contributed by atoms with van der Waals surface area (Å²) >= 11 is 0. The zero-order valence-electron chi connectivity index (χ0n) is 12.5. The number of rotatable bonds is 2. The van der Waals surface area contributed by atoms with Crippen molar-refractivity contribution in [3.63, 3.8) is 0 Å². The van der Waals surface area contributed by atoms with Gasteiger partial charge in [0.2, 0.25) is 0 Å². The summed E-state index contributed by atoms with van der Waals surface area (Å²) in [5.41, 5.74) is 1.86. The van der Waals surface area contributed by atoms with Crippen LogP contribution in [0.25, 0.3) is 0 Å². The van der Waals surface area contributed by atoms with Crippen molar-refractivity contribution in [3.05, 3.63) is 28.8 Å². The van der Waals surface area contributed by atoms with Gasteiger partial charge in [-0.1, -0.05) is 39.8 Å². The topological polar surface area (TPSA) is 60.4 Å². The minimum atomic E-state index is -3.63. The van der Waals surface area contributed by atoms with Crippen molar-refractivity contribution >= 4 is 15.9 Å². The van der Waals surface area contributed by atoms with Gasteiger partial charge in [-0.2, -0.15) is 8.42 Å². The molecule has 1 aliphatic rings. The predicted octanol–water partition coefficient (Wildman–Crippen LogP) is 2.70. The van der Waals surface area contributed by atoms with E-state index in [4.69, 9.17) is 4.18 Å². The highest BCUT2D eigenvalue weighted by molar-refractivity contribution is 7.86. The fraction of sp³-hybridized carbons (Fsp3) is 0.533. The Hall–Kier alpha value is -1.36. The van der Waals surface area contributed by atoms with Crippen LogP contribution >= 0.6 is 0 Å². The van der Waals surface area contributed by atoms with Crippen molar-refractivity contribution < 1.29 is 17.4 Å². The van der Waals surface area contributed by atoms with E-state index in [9.17, 15) is 13.2 Å². The number of carbonyl (C=O) groups excluding carboxylic acids is 1. The Morgan fingerprint density at radius 1 is 1.25 bits per heavy atom. The summed E-state index contributed by atoms with van der Waals surface area (Å²) in [6.45, 7) is 7.82. The van der Waals surface area contributed by atoms with Gasteiger partial charge in [0.1, 0.15) is 5.75 Å². The van der Waals surface area contributed by atoms with Gasteiger partial charge < -0.3 is 4.18 Å². The van der Waals surface area contributed by atoms with Gasteiger partial charge in [-0.05, 0) is 11.8 Å². The molecule has 0 aromatic heterocycles. The van der Waals surface area contributed by atoms with Crippen LogP contribution in [0, 0.1) is 5.92 Å². The first kappa shape index (κ1) is 15.0. The SMILES string of the molecule is CC1Cc2c(ccc(C(C)(C)C)c2OS(C)(=O)=O)C1=O. The molecule has 1 aromatic carbocycles. The van der Waals surface area contributed by atoms with Gasteiger partial charge in [-0.3, -0.25) is 4.79 Å². The fourth-order valence-electron chi connectivity index (χ4n) is 2.56. The van der Waals surface area contributed by atoms with Gasteiger partial charge in [-0.25, -0.2) is 0 Å². The van der Waals surface area contributed by atoms with E-state index >= 15 is 0 Å². The molecule has 0 N–H and O–H groups in total. The molecule has 2 rings (SSSR count). The van der Waals surface area contributed by atoms with Gasteiger partial charge in [0, 0.05) is 22.6 Å². The molecule has 1 aliphatic carbocycles.